The van der Waals surface area contributed by atoms with Crippen LogP contribution in [0.5, 0.6) is 0 Å². The minimum atomic E-state index is -4.41. The fourth-order valence-electron chi connectivity index (χ4n) is 1.30. The SMILES string of the molecule is CC(C)(C)c1nc2cc(C(F)(F)F)cnc2o1. The molecule has 0 radical (unpaired) electrons. The van der Waals surface area contributed by atoms with E-state index in [-0.39, 0.29) is 16.6 Å². The summed E-state index contributed by atoms with van der Waals surface area (Å²) in [6, 6.07) is 0.946. The number of pyridine rings is 1. The lowest BCUT2D eigenvalue weighted by atomic mass is 9.97. The second-order valence-corrected chi connectivity index (χ2v) is 4.82. The van der Waals surface area contributed by atoms with Gasteiger partial charge in [0.05, 0.1) is 5.56 Å². The summed E-state index contributed by atoms with van der Waals surface area (Å²) in [5.74, 6) is 0.374. The first-order chi connectivity index (χ1) is 7.68. The Kier molecular flexibility index (Phi) is 2.41. The molecule has 0 saturated carbocycles. The highest BCUT2D eigenvalue weighted by molar-refractivity contribution is 5.69. The fourth-order valence-corrected chi connectivity index (χ4v) is 1.30. The van der Waals surface area contributed by atoms with Gasteiger partial charge in [-0.3, -0.25) is 0 Å². The maximum Gasteiger partial charge on any atom is 0.417 e. The lowest BCUT2D eigenvalue weighted by Gasteiger charge is -2.11. The molecule has 2 rings (SSSR count). The summed E-state index contributed by atoms with van der Waals surface area (Å²) < 4.78 is 42.7. The molecule has 17 heavy (non-hydrogen) atoms. The molecule has 2 aromatic heterocycles. The molecule has 2 aromatic rings. The van der Waals surface area contributed by atoms with Gasteiger partial charge in [0.1, 0.15) is 5.52 Å². The van der Waals surface area contributed by atoms with E-state index in [0.29, 0.717) is 5.89 Å². The van der Waals surface area contributed by atoms with E-state index in [1.165, 1.54) is 0 Å². The third kappa shape index (κ3) is 2.25. The van der Waals surface area contributed by atoms with Crippen molar-refractivity contribution in [3.8, 4) is 0 Å². The zero-order chi connectivity index (χ0) is 12.8. The van der Waals surface area contributed by atoms with Crippen molar-refractivity contribution in [3.63, 3.8) is 0 Å². The molecule has 0 saturated heterocycles. The van der Waals surface area contributed by atoms with Crippen LogP contribution < -0.4 is 0 Å². The Balaban J connectivity index is 2.56. The molecule has 2 heterocycles. The van der Waals surface area contributed by atoms with Gasteiger partial charge in [0, 0.05) is 11.6 Å². The van der Waals surface area contributed by atoms with Crippen LogP contribution in [0.25, 0.3) is 11.2 Å². The van der Waals surface area contributed by atoms with Crippen LogP contribution in [0.1, 0.15) is 32.2 Å². The van der Waals surface area contributed by atoms with Crippen molar-refractivity contribution in [1.82, 2.24) is 9.97 Å². The number of nitrogens with zero attached hydrogens (tertiary/aromatic N) is 2. The minimum Gasteiger partial charge on any atom is -0.422 e. The van der Waals surface area contributed by atoms with Crippen molar-refractivity contribution < 1.29 is 17.6 Å². The van der Waals surface area contributed by atoms with Crippen LogP contribution in [0.3, 0.4) is 0 Å². The number of aromatic nitrogens is 2. The molecule has 0 atom stereocenters. The molecule has 3 nitrogen and oxygen atoms in total. The highest BCUT2D eigenvalue weighted by Gasteiger charge is 2.32. The minimum absolute atomic E-state index is 0.128. The number of oxazole rings is 1. The second kappa shape index (κ2) is 3.45. The lowest BCUT2D eigenvalue weighted by Crippen LogP contribution is -2.11. The van der Waals surface area contributed by atoms with Gasteiger partial charge < -0.3 is 4.42 Å². The van der Waals surface area contributed by atoms with E-state index in [1.54, 1.807) is 0 Å². The van der Waals surface area contributed by atoms with Gasteiger partial charge in [0.2, 0.25) is 11.6 Å². The highest BCUT2D eigenvalue weighted by Crippen LogP contribution is 2.31. The number of fused-ring (bicyclic) bond motifs is 1. The predicted molar refractivity (Wildman–Crippen MR) is 55.5 cm³/mol. The summed E-state index contributed by atoms with van der Waals surface area (Å²) in [6.45, 7) is 5.59. The lowest BCUT2D eigenvalue weighted by molar-refractivity contribution is -0.137. The average Bonchev–Trinajstić information content (AvgIpc) is 2.57. The molecule has 0 fully saturated rings. The Labute approximate surface area is 95.7 Å². The summed E-state index contributed by atoms with van der Waals surface area (Å²) in [4.78, 5) is 7.66. The first-order valence-electron chi connectivity index (χ1n) is 5.02. The molecule has 0 aromatic carbocycles. The van der Waals surface area contributed by atoms with Crippen LogP contribution in [0.4, 0.5) is 13.2 Å². The Bertz CT molecular complexity index is 540. The van der Waals surface area contributed by atoms with E-state index in [1.807, 2.05) is 20.8 Å². The van der Waals surface area contributed by atoms with Crippen molar-refractivity contribution in [3.05, 3.63) is 23.7 Å². The topological polar surface area (TPSA) is 38.9 Å². The van der Waals surface area contributed by atoms with E-state index in [9.17, 15) is 13.2 Å². The van der Waals surface area contributed by atoms with E-state index >= 15 is 0 Å². The van der Waals surface area contributed by atoms with Gasteiger partial charge in [-0.15, -0.1) is 0 Å². The summed E-state index contributed by atoms with van der Waals surface area (Å²) in [5.41, 5.74) is -0.925. The van der Waals surface area contributed by atoms with Gasteiger partial charge in [-0.1, -0.05) is 20.8 Å². The average molecular weight is 244 g/mol. The van der Waals surface area contributed by atoms with E-state index in [2.05, 4.69) is 9.97 Å². The number of rotatable bonds is 0. The first-order valence-corrected chi connectivity index (χ1v) is 5.02. The third-order valence-electron chi connectivity index (χ3n) is 2.22. The van der Waals surface area contributed by atoms with Crippen LogP contribution in [0.15, 0.2) is 16.7 Å². The van der Waals surface area contributed by atoms with E-state index in [0.717, 1.165) is 12.3 Å². The normalized spacial score (nSPS) is 13.3. The van der Waals surface area contributed by atoms with E-state index in [4.69, 9.17) is 4.42 Å². The zero-order valence-corrected chi connectivity index (χ0v) is 9.59. The summed E-state index contributed by atoms with van der Waals surface area (Å²) in [5, 5.41) is 0. The Morgan fingerprint density at radius 1 is 1.18 bits per heavy atom. The molecule has 0 N–H and O–H groups in total. The van der Waals surface area contributed by atoms with Crippen LogP contribution >= 0.6 is 0 Å². The molecule has 6 heteroatoms. The molecule has 92 valence electrons. The molecule has 0 unspecified atom stereocenters. The zero-order valence-electron chi connectivity index (χ0n) is 9.59. The Hall–Kier alpha value is -1.59. The number of alkyl halides is 3. The first kappa shape index (κ1) is 11.9. The molecule has 0 aliphatic rings. The smallest absolute Gasteiger partial charge is 0.417 e. The number of hydrogen-bond donors (Lipinski definition) is 0. The molecule has 0 aliphatic carbocycles. The molecular weight excluding hydrogens is 233 g/mol. The number of halogens is 3. The Morgan fingerprint density at radius 2 is 1.82 bits per heavy atom. The van der Waals surface area contributed by atoms with Crippen molar-refractivity contribution in [2.24, 2.45) is 0 Å². The van der Waals surface area contributed by atoms with Crippen molar-refractivity contribution >= 4 is 11.2 Å². The molecule has 0 aliphatic heterocycles. The van der Waals surface area contributed by atoms with Crippen LogP contribution in [0.2, 0.25) is 0 Å². The summed E-state index contributed by atoms with van der Waals surface area (Å²) >= 11 is 0. The fraction of sp³-hybridized carbons (Fsp3) is 0.455. The predicted octanol–water partition coefficient (Wildman–Crippen LogP) is 3.54. The molecule has 0 bridgehead atoms. The van der Waals surface area contributed by atoms with Crippen molar-refractivity contribution in [1.29, 1.82) is 0 Å². The van der Waals surface area contributed by atoms with Gasteiger partial charge >= 0.3 is 6.18 Å². The maximum atomic E-state index is 12.5. The van der Waals surface area contributed by atoms with Gasteiger partial charge in [0.15, 0.2) is 0 Å². The van der Waals surface area contributed by atoms with Crippen LogP contribution in [0, 0.1) is 0 Å². The van der Waals surface area contributed by atoms with Crippen LogP contribution in [-0.4, -0.2) is 9.97 Å². The van der Waals surface area contributed by atoms with Gasteiger partial charge in [-0.2, -0.15) is 13.2 Å². The van der Waals surface area contributed by atoms with Crippen molar-refractivity contribution in [2.45, 2.75) is 32.4 Å². The Morgan fingerprint density at radius 3 is 2.35 bits per heavy atom. The summed E-state index contributed by atoms with van der Waals surface area (Å²) in [6.07, 6.45) is -3.66. The van der Waals surface area contributed by atoms with E-state index < -0.39 is 11.7 Å². The van der Waals surface area contributed by atoms with Gasteiger partial charge in [-0.05, 0) is 6.07 Å². The van der Waals surface area contributed by atoms with Gasteiger partial charge in [0.25, 0.3) is 0 Å². The number of hydrogen-bond acceptors (Lipinski definition) is 3. The summed E-state index contributed by atoms with van der Waals surface area (Å²) in [7, 11) is 0. The van der Waals surface area contributed by atoms with Crippen LogP contribution in [-0.2, 0) is 11.6 Å². The van der Waals surface area contributed by atoms with Gasteiger partial charge in [-0.25, -0.2) is 9.97 Å². The molecule has 0 spiro atoms. The second-order valence-electron chi connectivity index (χ2n) is 4.82. The third-order valence-corrected chi connectivity index (χ3v) is 2.22. The molecular formula is C11H11F3N2O. The quantitative estimate of drug-likeness (QED) is 0.711. The molecule has 0 amide bonds. The largest absolute Gasteiger partial charge is 0.422 e. The highest BCUT2D eigenvalue weighted by atomic mass is 19.4. The monoisotopic (exact) mass is 244 g/mol. The van der Waals surface area contributed by atoms with Crippen molar-refractivity contribution in [2.75, 3.05) is 0 Å². The standard InChI is InChI=1S/C11H11F3N2O/c1-10(2,3)9-16-7-4-6(11(12,13)14)5-15-8(7)17-9/h4-5H,1-3H3. The maximum absolute atomic E-state index is 12.5.